The number of ether oxygens (including phenoxy) is 1. The fourth-order valence-corrected chi connectivity index (χ4v) is 2.88. The van der Waals surface area contributed by atoms with Gasteiger partial charge in [-0.05, 0) is 25.7 Å². The van der Waals surface area contributed by atoms with Crippen LogP contribution in [0.1, 0.15) is 63.3 Å². The molecule has 1 aliphatic carbocycles. The lowest BCUT2D eigenvalue weighted by atomic mass is 9.85. The van der Waals surface area contributed by atoms with Crippen molar-refractivity contribution in [2.24, 2.45) is 5.92 Å². The number of hydrogen-bond acceptors (Lipinski definition) is 6. The molecule has 1 aromatic rings. The van der Waals surface area contributed by atoms with E-state index in [-0.39, 0.29) is 18.9 Å². The largest absolute Gasteiger partial charge is 0.392 e. The lowest BCUT2D eigenvalue weighted by Crippen LogP contribution is -2.20. The average molecular weight is 293 g/mol. The van der Waals surface area contributed by atoms with E-state index in [0.717, 1.165) is 12.8 Å². The molecule has 1 aromatic heterocycles. The first-order valence-electron chi connectivity index (χ1n) is 7.73. The van der Waals surface area contributed by atoms with Crippen LogP contribution in [0.5, 0.6) is 0 Å². The maximum absolute atomic E-state index is 9.62. The van der Waals surface area contributed by atoms with Gasteiger partial charge in [0.05, 0.1) is 25.0 Å². The summed E-state index contributed by atoms with van der Waals surface area (Å²) in [5, 5.41) is 22.2. The van der Waals surface area contributed by atoms with E-state index < -0.39 is 6.10 Å². The number of rotatable bonds is 7. The predicted molar refractivity (Wildman–Crippen MR) is 75.2 cm³/mol. The molecule has 1 fully saturated rings. The SMILES string of the molecule is CCOC(c1noc(CC(O)CC#N)n1)C1CCCCC1. The molecule has 6 nitrogen and oxygen atoms in total. The van der Waals surface area contributed by atoms with Crippen LogP contribution < -0.4 is 0 Å². The molecule has 2 rings (SSSR count). The fourth-order valence-electron chi connectivity index (χ4n) is 2.88. The minimum Gasteiger partial charge on any atom is -0.392 e. The average Bonchev–Trinajstić information content (AvgIpc) is 2.94. The standard InChI is InChI=1S/C15H23N3O3/c1-2-20-14(11-6-4-3-5-7-11)15-17-13(21-18-15)10-12(19)8-9-16/h11-12,14,19H,2-8,10H2,1H3. The Bertz CT molecular complexity index is 463. The third kappa shape index (κ3) is 4.51. The Kier molecular flexibility index (Phi) is 6.15. The molecule has 0 amide bonds. The number of aliphatic hydroxyl groups is 1. The summed E-state index contributed by atoms with van der Waals surface area (Å²) in [6.45, 7) is 2.58. The van der Waals surface area contributed by atoms with E-state index in [1.165, 1.54) is 19.3 Å². The van der Waals surface area contributed by atoms with Crippen LogP contribution >= 0.6 is 0 Å². The van der Waals surface area contributed by atoms with Crippen LogP contribution in [0.4, 0.5) is 0 Å². The summed E-state index contributed by atoms with van der Waals surface area (Å²) in [5.74, 6) is 1.38. The van der Waals surface area contributed by atoms with Crippen molar-refractivity contribution in [1.29, 1.82) is 5.26 Å². The van der Waals surface area contributed by atoms with Crippen LogP contribution in [0.2, 0.25) is 0 Å². The summed E-state index contributed by atoms with van der Waals surface area (Å²) < 4.78 is 11.0. The minimum atomic E-state index is -0.761. The molecule has 1 heterocycles. The molecule has 0 bridgehead atoms. The monoisotopic (exact) mass is 293 g/mol. The van der Waals surface area contributed by atoms with Crippen LogP contribution in [0.25, 0.3) is 0 Å². The zero-order valence-corrected chi connectivity index (χ0v) is 12.5. The molecule has 2 atom stereocenters. The first-order chi connectivity index (χ1) is 10.2. The van der Waals surface area contributed by atoms with Crippen molar-refractivity contribution < 1.29 is 14.4 Å². The van der Waals surface area contributed by atoms with Crippen molar-refractivity contribution in [3.05, 3.63) is 11.7 Å². The van der Waals surface area contributed by atoms with Crippen molar-refractivity contribution in [3.63, 3.8) is 0 Å². The van der Waals surface area contributed by atoms with Crippen LogP contribution in [0.3, 0.4) is 0 Å². The van der Waals surface area contributed by atoms with Gasteiger partial charge in [0, 0.05) is 6.61 Å². The van der Waals surface area contributed by atoms with Gasteiger partial charge in [-0.15, -0.1) is 0 Å². The molecule has 1 N–H and O–H groups in total. The van der Waals surface area contributed by atoms with Crippen LogP contribution in [-0.4, -0.2) is 28.0 Å². The van der Waals surface area contributed by atoms with Gasteiger partial charge < -0.3 is 14.4 Å². The van der Waals surface area contributed by atoms with Gasteiger partial charge in [0.1, 0.15) is 6.10 Å². The molecule has 0 radical (unpaired) electrons. The Hall–Kier alpha value is -1.45. The molecule has 0 aromatic carbocycles. The van der Waals surface area contributed by atoms with Gasteiger partial charge in [0.2, 0.25) is 11.7 Å². The number of aliphatic hydroxyl groups excluding tert-OH is 1. The van der Waals surface area contributed by atoms with E-state index in [2.05, 4.69) is 10.1 Å². The van der Waals surface area contributed by atoms with E-state index in [1.54, 1.807) is 0 Å². The van der Waals surface area contributed by atoms with Crippen LogP contribution in [-0.2, 0) is 11.2 Å². The minimum absolute atomic E-state index is 0.0647. The number of nitrogens with zero attached hydrogens (tertiary/aromatic N) is 3. The van der Waals surface area contributed by atoms with Gasteiger partial charge in [0.25, 0.3) is 0 Å². The van der Waals surface area contributed by atoms with Gasteiger partial charge >= 0.3 is 0 Å². The second-order valence-electron chi connectivity index (χ2n) is 5.54. The Morgan fingerprint density at radius 3 is 2.86 bits per heavy atom. The fraction of sp³-hybridized carbons (Fsp3) is 0.800. The van der Waals surface area contributed by atoms with Gasteiger partial charge in [0.15, 0.2) is 0 Å². The quantitative estimate of drug-likeness (QED) is 0.830. The third-order valence-corrected chi connectivity index (χ3v) is 3.90. The van der Waals surface area contributed by atoms with Gasteiger partial charge in [-0.3, -0.25) is 0 Å². The summed E-state index contributed by atoms with van der Waals surface area (Å²) in [6, 6.07) is 1.92. The Morgan fingerprint density at radius 2 is 2.19 bits per heavy atom. The molecular weight excluding hydrogens is 270 g/mol. The topological polar surface area (TPSA) is 92.2 Å². The summed E-state index contributed by atoms with van der Waals surface area (Å²) in [7, 11) is 0. The predicted octanol–water partition coefficient (Wildman–Crippen LogP) is 2.54. The van der Waals surface area contributed by atoms with E-state index >= 15 is 0 Å². The van der Waals surface area contributed by atoms with E-state index in [1.807, 2.05) is 13.0 Å². The number of aromatic nitrogens is 2. The molecule has 1 saturated carbocycles. The highest BCUT2D eigenvalue weighted by molar-refractivity contribution is 4.96. The zero-order chi connectivity index (χ0) is 15.1. The van der Waals surface area contributed by atoms with Crippen LogP contribution in [0, 0.1) is 17.2 Å². The second kappa shape index (κ2) is 8.11. The summed E-state index contributed by atoms with van der Waals surface area (Å²) >= 11 is 0. The zero-order valence-electron chi connectivity index (χ0n) is 12.5. The highest BCUT2D eigenvalue weighted by atomic mass is 16.5. The highest BCUT2D eigenvalue weighted by Gasteiger charge is 2.29. The van der Waals surface area contributed by atoms with Crippen molar-refractivity contribution in [2.45, 2.75) is 64.1 Å². The molecule has 2 unspecified atom stereocenters. The first kappa shape index (κ1) is 15.9. The highest BCUT2D eigenvalue weighted by Crippen LogP contribution is 2.35. The van der Waals surface area contributed by atoms with Gasteiger partial charge in [-0.1, -0.05) is 24.4 Å². The van der Waals surface area contributed by atoms with E-state index in [4.69, 9.17) is 14.5 Å². The lowest BCUT2D eigenvalue weighted by molar-refractivity contribution is -0.00145. The molecule has 0 aliphatic heterocycles. The summed E-state index contributed by atoms with van der Waals surface area (Å²) in [5.41, 5.74) is 0. The third-order valence-electron chi connectivity index (χ3n) is 3.90. The van der Waals surface area contributed by atoms with Crippen molar-refractivity contribution in [1.82, 2.24) is 10.1 Å². The van der Waals surface area contributed by atoms with Crippen molar-refractivity contribution >= 4 is 0 Å². The molecule has 1 aliphatic rings. The first-order valence-corrected chi connectivity index (χ1v) is 7.73. The maximum Gasteiger partial charge on any atom is 0.229 e. The number of nitriles is 1. The molecule has 0 saturated heterocycles. The molecule has 0 spiro atoms. The number of hydrogen-bond donors (Lipinski definition) is 1. The van der Waals surface area contributed by atoms with Crippen LogP contribution in [0.15, 0.2) is 4.52 Å². The Morgan fingerprint density at radius 1 is 1.43 bits per heavy atom. The molecular formula is C15H23N3O3. The van der Waals surface area contributed by atoms with Gasteiger partial charge in [-0.25, -0.2) is 0 Å². The molecule has 21 heavy (non-hydrogen) atoms. The Balaban J connectivity index is 2.03. The maximum atomic E-state index is 9.62. The van der Waals surface area contributed by atoms with Gasteiger partial charge in [-0.2, -0.15) is 10.2 Å². The summed E-state index contributed by atoms with van der Waals surface area (Å²) in [4.78, 5) is 4.35. The van der Waals surface area contributed by atoms with E-state index in [0.29, 0.717) is 24.2 Å². The Labute approximate surface area is 125 Å². The smallest absolute Gasteiger partial charge is 0.229 e. The molecule has 116 valence electrons. The lowest BCUT2D eigenvalue weighted by Gasteiger charge is -2.27. The summed E-state index contributed by atoms with van der Waals surface area (Å²) in [6.07, 6.45) is 5.38. The van der Waals surface area contributed by atoms with E-state index in [9.17, 15) is 5.11 Å². The van der Waals surface area contributed by atoms with Crippen molar-refractivity contribution in [2.75, 3.05) is 6.61 Å². The molecule has 6 heteroatoms. The van der Waals surface area contributed by atoms with Crippen molar-refractivity contribution in [3.8, 4) is 6.07 Å². The normalized spacial score (nSPS) is 19.1. The second-order valence-corrected chi connectivity index (χ2v) is 5.54.